The molecule has 54 valence electrons. The molecule has 3 heteroatoms. The van der Waals surface area contributed by atoms with Crippen LogP contribution in [0.1, 0.15) is 5.76 Å². The first kappa shape index (κ1) is 7.29. The lowest BCUT2D eigenvalue weighted by molar-refractivity contribution is -0.104. The van der Waals surface area contributed by atoms with Gasteiger partial charge in [-0.25, -0.2) is 0 Å². The SMILES string of the molecule is N#C/C(C=O)=C/c1ccco1. The smallest absolute Gasteiger partial charge is 0.160 e. The minimum atomic E-state index is 0.0555. The Morgan fingerprint density at radius 2 is 2.55 bits per heavy atom. The van der Waals surface area contributed by atoms with Crippen LogP contribution in [0.4, 0.5) is 0 Å². The number of aldehydes is 1. The van der Waals surface area contributed by atoms with E-state index in [1.54, 1.807) is 18.2 Å². The second kappa shape index (κ2) is 3.37. The topological polar surface area (TPSA) is 54.0 Å². The van der Waals surface area contributed by atoms with Gasteiger partial charge in [0.05, 0.1) is 11.8 Å². The van der Waals surface area contributed by atoms with E-state index in [1.165, 1.54) is 12.3 Å². The van der Waals surface area contributed by atoms with Crippen LogP contribution in [0, 0.1) is 11.3 Å². The Kier molecular flexibility index (Phi) is 2.24. The van der Waals surface area contributed by atoms with Crippen LogP contribution in [0.25, 0.3) is 6.08 Å². The third kappa shape index (κ3) is 1.80. The Labute approximate surface area is 63.5 Å². The van der Waals surface area contributed by atoms with Crippen molar-refractivity contribution in [2.24, 2.45) is 0 Å². The van der Waals surface area contributed by atoms with Crippen LogP contribution in [0.15, 0.2) is 28.4 Å². The largest absolute Gasteiger partial charge is 0.465 e. The Balaban J connectivity index is 2.90. The van der Waals surface area contributed by atoms with Crippen molar-refractivity contribution in [3.8, 4) is 6.07 Å². The molecule has 1 rings (SSSR count). The first-order valence-electron chi connectivity index (χ1n) is 2.97. The number of carbonyl (C=O) groups excluding carboxylic acids is 1. The predicted molar refractivity (Wildman–Crippen MR) is 38.4 cm³/mol. The average Bonchev–Trinajstić information content (AvgIpc) is 2.52. The van der Waals surface area contributed by atoms with Crippen molar-refractivity contribution >= 4 is 12.4 Å². The van der Waals surface area contributed by atoms with E-state index < -0.39 is 0 Å². The molecule has 1 aromatic heterocycles. The van der Waals surface area contributed by atoms with Gasteiger partial charge >= 0.3 is 0 Å². The summed E-state index contributed by atoms with van der Waals surface area (Å²) in [6, 6.07) is 5.08. The molecule has 0 bridgehead atoms. The first-order valence-corrected chi connectivity index (χ1v) is 2.97. The second-order valence-electron chi connectivity index (χ2n) is 1.84. The summed E-state index contributed by atoms with van der Waals surface area (Å²) in [6.45, 7) is 0. The van der Waals surface area contributed by atoms with Gasteiger partial charge in [-0.15, -0.1) is 0 Å². The monoisotopic (exact) mass is 147 g/mol. The van der Waals surface area contributed by atoms with E-state index in [0.29, 0.717) is 12.0 Å². The summed E-state index contributed by atoms with van der Waals surface area (Å²) in [7, 11) is 0. The van der Waals surface area contributed by atoms with Crippen LogP contribution in [0.5, 0.6) is 0 Å². The molecule has 0 aliphatic carbocycles. The Hall–Kier alpha value is -1.82. The lowest BCUT2D eigenvalue weighted by atomic mass is 10.3. The summed E-state index contributed by atoms with van der Waals surface area (Å²) in [6.07, 6.45) is 3.35. The van der Waals surface area contributed by atoms with E-state index in [0.717, 1.165) is 0 Å². The van der Waals surface area contributed by atoms with E-state index in [1.807, 2.05) is 0 Å². The molecule has 1 aromatic rings. The van der Waals surface area contributed by atoms with Crippen molar-refractivity contribution in [1.29, 1.82) is 5.26 Å². The fourth-order valence-electron chi connectivity index (χ4n) is 0.619. The lowest BCUT2D eigenvalue weighted by Crippen LogP contribution is -1.77. The Bertz CT molecular complexity index is 303. The van der Waals surface area contributed by atoms with Crippen LogP contribution >= 0.6 is 0 Å². The number of nitriles is 1. The van der Waals surface area contributed by atoms with Gasteiger partial charge in [0.25, 0.3) is 0 Å². The summed E-state index contributed by atoms with van der Waals surface area (Å²) >= 11 is 0. The van der Waals surface area contributed by atoms with Crippen LogP contribution < -0.4 is 0 Å². The third-order valence-electron chi connectivity index (χ3n) is 1.10. The summed E-state index contributed by atoms with van der Waals surface area (Å²) in [5.41, 5.74) is 0.0555. The maximum absolute atomic E-state index is 10.1. The minimum absolute atomic E-state index is 0.0555. The van der Waals surface area contributed by atoms with Crippen molar-refractivity contribution in [1.82, 2.24) is 0 Å². The molecule has 0 amide bonds. The molecule has 0 saturated heterocycles. The highest BCUT2D eigenvalue weighted by molar-refractivity contribution is 5.86. The molecule has 11 heavy (non-hydrogen) atoms. The van der Waals surface area contributed by atoms with E-state index >= 15 is 0 Å². The molecule has 0 fully saturated rings. The third-order valence-corrected chi connectivity index (χ3v) is 1.10. The predicted octanol–water partition coefficient (Wildman–Crippen LogP) is 1.39. The molecule has 0 unspecified atom stereocenters. The summed E-state index contributed by atoms with van der Waals surface area (Å²) in [4.78, 5) is 10.1. The fraction of sp³-hybridized carbons (Fsp3) is 0. The van der Waals surface area contributed by atoms with Crippen LogP contribution in [0.3, 0.4) is 0 Å². The maximum atomic E-state index is 10.1. The van der Waals surface area contributed by atoms with Crippen molar-refractivity contribution in [3.63, 3.8) is 0 Å². The van der Waals surface area contributed by atoms with Gasteiger partial charge in [0.1, 0.15) is 11.8 Å². The van der Waals surface area contributed by atoms with Crippen molar-refractivity contribution in [2.75, 3.05) is 0 Å². The number of allylic oxidation sites excluding steroid dienone is 1. The fourth-order valence-corrected chi connectivity index (χ4v) is 0.619. The quantitative estimate of drug-likeness (QED) is 0.360. The zero-order valence-corrected chi connectivity index (χ0v) is 5.65. The van der Waals surface area contributed by atoms with Gasteiger partial charge in [-0.2, -0.15) is 5.26 Å². The normalized spacial score (nSPS) is 10.6. The van der Waals surface area contributed by atoms with Gasteiger partial charge in [-0.1, -0.05) is 0 Å². The number of rotatable bonds is 2. The number of hydrogen-bond acceptors (Lipinski definition) is 3. The molecule has 0 atom stereocenters. The number of hydrogen-bond donors (Lipinski definition) is 0. The molecule has 0 aliphatic rings. The lowest BCUT2D eigenvalue weighted by Gasteiger charge is -1.81. The maximum Gasteiger partial charge on any atom is 0.160 e. The molecule has 0 aliphatic heterocycles. The number of furan rings is 1. The molecule has 0 aromatic carbocycles. The standard InChI is InChI=1S/C8H5NO2/c9-5-7(6-10)4-8-2-1-3-11-8/h1-4,6H/b7-4-. The van der Waals surface area contributed by atoms with Gasteiger partial charge in [0.15, 0.2) is 6.29 Å². The summed E-state index contributed by atoms with van der Waals surface area (Å²) < 4.78 is 4.88. The van der Waals surface area contributed by atoms with E-state index in [-0.39, 0.29) is 5.57 Å². The molecule has 0 saturated carbocycles. The van der Waals surface area contributed by atoms with Crippen LogP contribution in [-0.2, 0) is 4.79 Å². The van der Waals surface area contributed by atoms with Crippen molar-refractivity contribution in [3.05, 3.63) is 29.7 Å². The highest BCUT2D eigenvalue weighted by Crippen LogP contribution is 2.04. The summed E-state index contributed by atoms with van der Waals surface area (Å²) in [5.74, 6) is 0.508. The van der Waals surface area contributed by atoms with Crippen molar-refractivity contribution < 1.29 is 9.21 Å². The molecule has 0 spiro atoms. The van der Waals surface area contributed by atoms with Gasteiger partial charge < -0.3 is 4.42 Å². The van der Waals surface area contributed by atoms with E-state index in [9.17, 15) is 4.79 Å². The molecular weight excluding hydrogens is 142 g/mol. The van der Waals surface area contributed by atoms with E-state index in [2.05, 4.69) is 0 Å². The molecular formula is C8H5NO2. The zero-order valence-electron chi connectivity index (χ0n) is 5.65. The van der Waals surface area contributed by atoms with Gasteiger partial charge in [0.2, 0.25) is 0 Å². The van der Waals surface area contributed by atoms with Crippen molar-refractivity contribution in [2.45, 2.75) is 0 Å². The molecule has 0 N–H and O–H groups in total. The second-order valence-corrected chi connectivity index (χ2v) is 1.84. The Morgan fingerprint density at radius 1 is 1.73 bits per heavy atom. The van der Waals surface area contributed by atoms with Crippen LogP contribution in [0.2, 0.25) is 0 Å². The van der Waals surface area contributed by atoms with Gasteiger partial charge in [-0.3, -0.25) is 4.79 Å². The number of carbonyl (C=O) groups is 1. The number of nitrogens with zero attached hydrogens (tertiary/aromatic N) is 1. The first-order chi connectivity index (χ1) is 5.36. The average molecular weight is 147 g/mol. The van der Waals surface area contributed by atoms with Gasteiger partial charge in [0, 0.05) is 6.08 Å². The Morgan fingerprint density at radius 3 is 3.00 bits per heavy atom. The molecule has 0 radical (unpaired) electrons. The molecule has 1 heterocycles. The molecule has 3 nitrogen and oxygen atoms in total. The van der Waals surface area contributed by atoms with Crippen LogP contribution in [-0.4, -0.2) is 6.29 Å². The summed E-state index contributed by atoms with van der Waals surface area (Å²) in [5, 5.41) is 8.33. The zero-order chi connectivity index (χ0) is 8.10. The van der Waals surface area contributed by atoms with Gasteiger partial charge in [-0.05, 0) is 12.1 Å². The highest BCUT2D eigenvalue weighted by Gasteiger charge is 1.94. The minimum Gasteiger partial charge on any atom is -0.465 e. The highest BCUT2D eigenvalue weighted by atomic mass is 16.3. The van der Waals surface area contributed by atoms with E-state index in [4.69, 9.17) is 9.68 Å².